The molecule has 6 rings (SSSR count). The molecule has 190 valence electrons. The lowest BCUT2D eigenvalue weighted by molar-refractivity contribution is -0.643. The summed E-state index contributed by atoms with van der Waals surface area (Å²) in [6.07, 6.45) is 0. The first-order valence-corrected chi connectivity index (χ1v) is 12.3. The van der Waals surface area contributed by atoms with E-state index in [1.165, 1.54) is 33.1 Å². The van der Waals surface area contributed by atoms with Crippen LogP contribution in [0.15, 0.2) is 97.1 Å². The van der Waals surface area contributed by atoms with Crippen LogP contribution in [0.5, 0.6) is 11.5 Å². The van der Waals surface area contributed by atoms with E-state index in [1.54, 1.807) is 14.2 Å². The van der Waals surface area contributed by atoms with Gasteiger partial charge in [-0.25, -0.2) is 4.57 Å². The van der Waals surface area contributed by atoms with E-state index in [4.69, 9.17) is 15.2 Å². The van der Waals surface area contributed by atoms with Crippen molar-refractivity contribution in [3.8, 4) is 11.5 Å². The molecular formula is C31H32BrN3O2. The molecule has 0 aliphatic carbocycles. The molecule has 0 amide bonds. The molecular weight excluding hydrogens is 526 g/mol. The second kappa shape index (κ2) is 12.1. The third-order valence-electron chi connectivity index (χ3n) is 6.73. The molecule has 0 spiro atoms. The van der Waals surface area contributed by atoms with Gasteiger partial charge in [0.2, 0.25) is 0 Å². The van der Waals surface area contributed by atoms with Crippen LogP contribution >= 0.6 is 0 Å². The molecule has 2 heterocycles. The minimum Gasteiger partial charge on any atom is -1.00 e. The summed E-state index contributed by atoms with van der Waals surface area (Å²) >= 11 is 0. The minimum absolute atomic E-state index is 0. The van der Waals surface area contributed by atoms with Gasteiger partial charge in [-0.3, -0.25) is 4.90 Å². The van der Waals surface area contributed by atoms with Crippen LogP contribution in [0.1, 0.15) is 11.1 Å². The normalized spacial score (nSPS) is 11.9. The highest BCUT2D eigenvalue weighted by Crippen LogP contribution is 2.33. The number of hydrogen-bond donors (Lipinski definition) is 1. The first-order chi connectivity index (χ1) is 17.7. The van der Waals surface area contributed by atoms with Crippen LogP contribution in [-0.2, 0) is 19.6 Å². The number of benzene rings is 4. The van der Waals surface area contributed by atoms with Crippen molar-refractivity contribution in [3.63, 3.8) is 0 Å². The van der Waals surface area contributed by atoms with Crippen LogP contribution in [0.25, 0.3) is 21.7 Å². The second-order valence-corrected chi connectivity index (χ2v) is 8.86. The molecule has 0 saturated heterocycles. The topological polar surface area (TPSA) is 51.6 Å². The van der Waals surface area contributed by atoms with Gasteiger partial charge in [-0.2, -0.15) is 0 Å². The van der Waals surface area contributed by atoms with E-state index in [-0.39, 0.29) is 17.0 Å². The number of nitrogens with two attached hydrogens (primary N) is 1. The van der Waals surface area contributed by atoms with Gasteiger partial charge in [-0.15, -0.1) is 0 Å². The average molecular weight is 559 g/mol. The summed E-state index contributed by atoms with van der Waals surface area (Å²) < 4.78 is 12.7. The Kier molecular flexibility index (Phi) is 8.64. The molecule has 0 atom stereocenters. The van der Waals surface area contributed by atoms with Gasteiger partial charge in [-0.05, 0) is 47.5 Å². The highest BCUT2D eigenvalue weighted by atomic mass is 79.9. The van der Waals surface area contributed by atoms with Crippen molar-refractivity contribution in [2.45, 2.75) is 19.6 Å². The fourth-order valence-electron chi connectivity index (χ4n) is 4.87. The van der Waals surface area contributed by atoms with Gasteiger partial charge in [0.05, 0.1) is 19.6 Å². The maximum Gasteiger partial charge on any atom is 0.285 e. The first-order valence-electron chi connectivity index (χ1n) is 12.3. The van der Waals surface area contributed by atoms with Crippen molar-refractivity contribution in [2.24, 2.45) is 5.73 Å². The molecule has 0 fully saturated rings. The largest absolute Gasteiger partial charge is 1.00 e. The average Bonchev–Trinajstić information content (AvgIpc) is 3.38. The third-order valence-corrected chi connectivity index (χ3v) is 6.73. The van der Waals surface area contributed by atoms with E-state index in [0.717, 1.165) is 36.7 Å². The molecule has 2 N–H and O–H groups in total. The van der Waals surface area contributed by atoms with Crippen LogP contribution < -0.4 is 41.7 Å². The Labute approximate surface area is 228 Å². The van der Waals surface area contributed by atoms with E-state index in [0.29, 0.717) is 6.54 Å². The number of para-hydroxylation sites is 1. The zero-order valence-electron chi connectivity index (χ0n) is 21.2. The van der Waals surface area contributed by atoms with Crippen molar-refractivity contribution in [2.75, 3.05) is 25.7 Å². The SMILES string of the molecule is COc1ccc(CN)cc1.COc1ccc(CN2CC[n+]3c2c2ccccc2c2ccccc23)cc1.[Br-]. The molecule has 1 aliphatic rings. The molecule has 4 aromatic carbocycles. The Bertz CT molecular complexity index is 1450. The zero-order chi connectivity index (χ0) is 24.9. The highest BCUT2D eigenvalue weighted by molar-refractivity contribution is 6.08. The van der Waals surface area contributed by atoms with E-state index in [1.807, 2.05) is 36.4 Å². The van der Waals surface area contributed by atoms with Gasteiger partial charge >= 0.3 is 0 Å². The molecule has 0 unspecified atom stereocenters. The number of fused-ring (bicyclic) bond motifs is 6. The lowest BCUT2D eigenvalue weighted by atomic mass is 10.1. The van der Waals surface area contributed by atoms with Crippen LogP contribution in [0.3, 0.4) is 0 Å². The molecule has 0 radical (unpaired) electrons. The number of anilines is 1. The van der Waals surface area contributed by atoms with Gasteiger partial charge in [-0.1, -0.05) is 60.7 Å². The quantitative estimate of drug-likeness (QED) is 0.266. The van der Waals surface area contributed by atoms with Crippen molar-refractivity contribution in [1.82, 2.24) is 0 Å². The molecule has 1 aromatic heterocycles. The standard InChI is InChI=1S/C23H21N2O.C8H11NO.BrH/c1-26-18-12-10-17(11-13-18)16-24-14-15-25-22-9-5-4-7-20(22)19-6-2-3-8-21(19)23(24)25;1-10-8-4-2-7(6-9)3-5-8;/h2-13H,14-16H2,1H3;2-5H,6,9H2,1H3;1H/q+1;;/p-1. The molecule has 0 saturated carbocycles. The second-order valence-electron chi connectivity index (χ2n) is 8.86. The molecule has 1 aliphatic heterocycles. The lowest BCUT2D eigenvalue weighted by Gasteiger charge is -2.14. The Balaban J connectivity index is 0.000000248. The van der Waals surface area contributed by atoms with Crippen molar-refractivity contribution >= 4 is 27.5 Å². The Morgan fingerprint density at radius 2 is 1.24 bits per heavy atom. The summed E-state index contributed by atoms with van der Waals surface area (Å²) in [4.78, 5) is 2.50. The zero-order valence-corrected chi connectivity index (χ0v) is 22.8. The number of rotatable bonds is 5. The van der Waals surface area contributed by atoms with Gasteiger partial charge in [0, 0.05) is 17.3 Å². The Hall–Kier alpha value is -3.61. The number of hydrogen-bond acceptors (Lipinski definition) is 4. The van der Waals surface area contributed by atoms with Crippen LogP contribution in [-0.4, -0.2) is 20.8 Å². The van der Waals surface area contributed by atoms with Crippen molar-refractivity contribution < 1.29 is 31.0 Å². The molecule has 0 bridgehead atoms. The number of pyridine rings is 1. The summed E-state index contributed by atoms with van der Waals surface area (Å²) in [5, 5.41) is 3.99. The summed E-state index contributed by atoms with van der Waals surface area (Å²) in [5.41, 5.74) is 9.15. The third kappa shape index (κ3) is 5.55. The Morgan fingerprint density at radius 3 is 1.84 bits per heavy atom. The van der Waals surface area contributed by atoms with Gasteiger partial charge in [0.25, 0.3) is 5.82 Å². The van der Waals surface area contributed by atoms with E-state index >= 15 is 0 Å². The van der Waals surface area contributed by atoms with Crippen molar-refractivity contribution in [1.29, 1.82) is 0 Å². The predicted octanol–water partition coefficient (Wildman–Crippen LogP) is 2.47. The molecule has 5 nitrogen and oxygen atoms in total. The smallest absolute Gasteiger partial charge is 0.285 e. The summed E-state index contributed by atoms with van der Waals surface area (Å²) in [6, 6.07) is 33.6. The number of ether oxygens (including phenoxy) is 2. The van der Waals surface area contributed by atoms with E-state index in [9.17, 15) is 0 Å². The van der Waals surface area contributed by atoms with Crippen LogP contribution in [0.4, 0.5) is 5.82 Å². The Morgan fingerprint density at radius 1 is 0.703 bits per heavy atom. The maximum atomic E-state index is 5.40. The highest BCUT2D eigenvalue weighted by Gasteiger charge is 2.32. The molecule has 37 heavy (non-hydrogen) atoms. The predicted molar refractivity (Wildman–Crippen MR) is 147 cm³/mol. The summed E-state index contributed by atoms with van der Waals surface area (Å²) in [6.45, 7) is 3.55. The molecule has 5 aromatic rings. The maximum absolute atomic E-state index is 5.40. The van der Waals surface area contributed by atoms with Gasteiger partial charge < -0.3 is 32.2 Å². The number of aromatic nitrogens is 1. The summed E-state index contributed by atoms with van der Waals surface area (Å²) in [5.74, 6) is 3.11. The molecule has 6 heteroatoms. The van der Waals surface area contributed by atoms with E-state index in [2.05, 4.69) is 70.1 Å². The number of halogens is 1. The minimum atomic E-state index is 0. The van der Waals surface area contributed by atoms with Crippen LogP contribution in [0.2, 0.25) is 0 Å². The van der Waals surface area contributed by atoms with E-state index < -0.39 is 0 Å². The summed E-state index contributed by atoms with van der Waals surface area (Å²) in [7, 11) is 3.36. The van der Waals surface area contributed by atoms with Gasteiger partial charge in [0.15, 0.2) is 0 Å². The van der Waals surface area contributed by atoms with Crippen molar-refractivity contribution in [3.05, 3.63) is 108 Å². The van der Waals surface area contributed by atoms with Gasteiger partial charge in [0.1, 0.15) is 36.6 Å². The number of nitrogens with zero attached hydrogens (tertiary/aromatic N) is 2. The first kappa shape index (κ1) is 26.5. The fraction of sp³-hybridized carbons (Fsp3) is 0.194. The lowest BCUT2D eigenvalue weighted by Crippen LogP contribution is -3.00. The monoisotopic (exact) mass is 557 g/mol. The van der Waals surface area contributed by atoms with Crippen LogP contribution in [0, 0.1) is 0 Å². The number of methoxy groups -OCH3 is 2. The fourth-order valence-corrected chi connectivity index (χ4v) is 4.87.